The van der Waals surface area contributed by atoms with Crippen LogP contribution in [0.2, 0.25) is 24.7 Å². The second-order valence-corrected chi connectivity index (χ2v) is 9.28. The van der Waals surface area contributed by atoms with Crippen molar-refractivity contribution in [3.63, 3.8) is 0 Å². The van der Waals surface area contributed by atoms with E-state index in [0.29, 0.717) is 5.56 Å². The maximum absolute atomic E-state index is 13.2. The van der Waals surface area contributed by atoms with Gasteiger partial charge >= 0.3 is 0 Å². The first-order valence-corrected chi connectivity index (χ1v) is 8.64. The highest BCUT2D eigenvalue weighted by atomic mass is 35.5. The molecule has 0 aliphatic heterocycles. The standard InChI is InChI=1S/C11H13ClFNOSi/c1-16(2,3)15-11(7-14)8-4-5-9(12)10(13)6-8/h4-6,11H,1-3H3. The summed E-state index contributed by atoms with van der Waals surface area (Å²) >= 11 is 5.57. The second kappa shape index (κ2) is 4.96. The maximum Gasteiger partial charge on any atom is 0.186 e. The number of nitriles is 1. The first-order chi connectivity index (χ1) is 7.33. The number of hydrogen-bond donors (Lipinski definition) is 0. The van der Waals surface area contributed by atoms with E-state index in [0.717, 1.165) is 0 Å². The third kappa shape index (κ3) is 3.60. The van der Waals surface area contributed by atoms with E-state index < -0.39 is 20.2 Å². The number of nitrogens with zero attached hydrogens (tertiary/aromatic N) is 1. The highest BCUT2D eigenvalue weighted by Gasteiger charge is 2.22. The van der Waals surface area contributed by atoms with Crippen LogP contribution in [0.1, 0.15) is 11.7 Å². The highest BCUT2D eigenvalue weighted by molar-refractivity contribution is 6.69. The van der Waals surface area contributed by atoms with Crippen LogP contribution in [-0.4, -0.2) is 8.32 Å². The van der Waals surface area contributed by atoms with Gasteiger partial charge in [0.2, 0.25) is 0 Å². The molecule has 0 heterocycles. The molecular weight excluding hydrogens is 245 g/mol. The molecule has 2 nitrogen and oxygen atoms in total. The quantitative estimate of drug-likeness (QED) is 0.770. The van der Waals surface area contributed by atoms with Gasteiger partial charge in [-0.3, -0.25) is 0 Å². The molecule has 0 fully saturated rings. The zero-order chi connectivity index (χ0) is 12.3. The van der Waals surface area contributed by atoms with Gasteiger partial charge in [-0.1, -0.05) is 17.7 Å². The van der Waals surface area contributed by atoms with E-state index in [9.17, 15) is 4.39 Å². The lowest BCUT2D eigenvalue weighted by atomic mass is 10.1. The lowest BCUT2D eigenvalue weighted by Crippen LogP contribution is -2.27. The Hall–Kier alpha value is -0.893. The lowest BCUT2D eigenvalue weighted by molar-refractivity contribution is 0.254. The van der Waals surface area contributed by atoms with Crippen molar-refractivity contribution in [2.24, 2.45) is 0 Å². The van der Waals surface area contributed by atoms with Gasteiger partial charge in [-0.15, -0.1) is 0 Å². The predicted octanol–water partition coefficient (Wildman–Crippen LogP) is 3.90. The third-order valence-electron chi connectivity index (χ3n) is 1.84. The monoisotopic (exact) mass is 257 g/mol. The van der Waals surface area contributed by atoms with Crippen molar-refractivity contribution < 1.29 is 8.82 Å². The molecule has 0 saturated heterocycles. The first kappa shape index (κ1) is 13.2. The molecule has 0 aliphatic carbocycles. The fourth-order valence-corrected chi connectivity index (χ4v) is 2.21. The Bertz CT molecular complexity index is 425. The molecule has 1 atom stereocenters. The molecule has 0 aromatic heterocycles. The molecule has 0 spiro atoms. The Morgan fingerprint density at radius 3 is 2.50 bits per heavy atom. The van der Waals surface area contributed by atoms with Crippen LogP contribution < -0.4 is 0 Å². The van der Waals surface area contributed by atoms with Crippen LogP contribution in [-0.2, 0) is 4.43 Å². The lowest BCUT2D eigenvalue weighted by Gasteiger charge is -2.21. The van der Waals surface area contributed by atoms with Crippen molar-refractivity contribution in [3.05, 3.63) is 34.6 Å². The van der Waals surface area contributed by atoms with Gasteiger partial charge in [-0.25, -0.2) is 4.39 Å². The summed E-state index contributed by atoms with van der Waals surface area (Å²) in [7, 11) is -1.83. The number of benzene rings is 1. The molecule has 0 N–H and O–H groups in total. The Morgan fingerprint density at radius 1 is 1.44 bits per heavy atom. The summed E-state index contributed by atoms with van der Waals surface area (Å²) in [6.07, 6.45) is -0.724. The normalized spacial score (nSPS) is 13.2. The first-order valence-electron chi connectivity index (χ1n) is 4.86. The summed E-state index contributed by atoms with van der Waals surface area (Å²) in [5, 5.41) is 9.04. The van der Waals surface area contributed by atoms with Crippen molar-refractivity contribution in [1.29, 1.82) is 5.26 Å². The highest BCUT2D eigenvalue weighted by Crippen LogP contribution is 2.24. The summed E-state index contributed by atoms with van der Waals surface area (Å²) in [4.78, 5) is 0. The summed E-state index contributed by atoms with van der Waals surface area (Å²) in [6.45, 7) is 5.93. The van der Waals surface area contributed by atoms with E-state index in [4.69, 9.17) is 21.3 Å². The average molecular weight is 258 g/mol. The average Bonchev–Trinajstić information content (AvgIpc) is 2.17. The molecule has 0 aliphatic rings. The van der Waals surface area contributed by atoms with Crippen LogP contribution in [0.5, 0.6) is 0 Å². The Balaban J connectivity index is 2.97. The molecule has 1 aromatic rings. The zero-order valence-corrected chi connectivity index (χ0v) is 11.2. The third-order valence-corrected chi connectivity index (χ3v) is 3.08. The minimum absolute atomic E-state index is 0.0495. The minimum atomic E-state index is -1.83. The van der Waals surface area contributed by atoms with Crippen LogP contribution in [0.3, 0.4) is 0 Å². The molecule has 1 rings (SSSR count). The van der Waals surface area contributed by atoms with E-state index in [1.807, 2.05) is 25.7 Å². The minimum Gasteiger partial charge on any atom is -0.399 e. The van der Waals surface area contributed by atoms with E-state index in [1.54, 1.807) is 6.07 Å². The summed E-state index contributed by atoms with van der Waals surface area (Å²) in [5.41, 5.74) is 0.506. The molecule has 1 unspecified atom stereocenters. The van der Waals surface area contributed by atoms with Crippen LogP contribution >= 0.6 is 11.6 Å². The molecule has 86 valence electrons. The second-order valence-electron chi connectivity index (χ2n) is 4.41. The topological polar surface area (TPSA) is 33.0 Å². The molecule has 16 heavy (non-hydrogen) atoms. The van der Waals surface area contributed by atoms with Gasteiger partial charge in [-0.05, 0) is 37.3 Å². The van der Waals surface area contributed by atoms with Crippen molar-refractivity contribution in [3.8, 4) is 6.07 Å². The van der Waals surface area contributed by atoms with Crippen LogP contribution in [0.4, 0.5) is 4.39 Å². The summed E-state index contributed by atoms with van der Waals surface area (Å²) in [6, 6.07) is 6.32. The maximum atomic E-state index is 13.2. The Labute approximate surface area is 101 Å². The molecule has 0 radical (unpaired) electrons. The van der Waals surface area contributed by atoms with Crippen molar-refractivity contribution in [1.82, 2.24) is 0 Å². The smallest absolute Gasteiger partial charge is 0.186 e. The molecule has 0 amide bonds. The summed E-state index contributed by atoms with van der Waals surface area (Å²) in [5.74, 6) is -0.529. The van der Waals surface area contributed by atoms with Crippen molar-refractivity contribution in [2.75, 3.05) is 0 Å². The van der Waals surface area contributed by atoms with Crippen LogP contribution in [0.15, 0.2) is 18.2 Å². The fraction of sp³-hybridized carbons (Fsp3) is 0.364. The SMILES string of the molecule is C[Si](C)(C)OC(C#N)c1ccc(Cl)c(F)c1. The van der Waals surface area contributed by atoms with E-state index in [-0.39, 0.29) is 5.02 Å². The number of halogens is 2. The molecule has 1 aromatic carbocycles. The van der Waals surface area contributed by atoms with Crippen LogP contribution in [0, 0.1) is 17.1 Å². The molecular formula is C11H13ClFNOSi. The van der Waals surface area contributed by atoms with Crippen LogP contribution in [0.25, 0.3) is 0 Å². The fourth-order valence-electron chi connectivity index (χ4n) is 1.20. The molecule has 0 bridgehead atoms. The molecule has 5 heteroatoms. The van der Waals surface area contributed by atoms with Crippen molar-refractivity contribution in [2.45, 2.75) is 25.7 Å². The van der Waals surface area contributed by atoms with Gasteiger partial charge in [0.05, 0.1) is 11.1 Å². The van der Waals surface area contributed by atoms with E-state index in [2.05, 4.69) is 0 Å². The predicted molar refractivity (Wildman–Crippen MR) is 64.2 cm³/mol. The van der Waals surface area contributed by atoms with Gasteiger partial charge in [0.1, 0.15) is 5.82 Å². The van der Waals surface area contributed by atoms with Gasteiger partial charge in [-0.2, -0.15) is 5.26 Å². The summed E-state index contributed by atoms with van der Waals surface area (Å²) < 4.78 is 18.9. The van der Waals surface area contributed by atoms with Gasteiger partial charge in [0.25, 0.3) is 0 Å². The van der Waals surface area contributed by atoms with Gasteiger partial charge in [0, 0.05) is 0 Å². The van der Waals surface area contributed by atoms with Crippen molar-refractivity contribution >= 4 is 19.9 Å². The largest absolute Gasteiger partial charge is 0.399 e. The van der Waals surface area contributed by atoms with Gasteiger partial charge < -0.3 is 4.43 Å². The zero-order valence-electron chi connectivity index (χ0n) is 9.42. The Kier molecular flexibility index (Phi) is 4.08. The number of hydrogen-bond acceptors (Lipinski definition) is 2. The van der Waals surface area contributed by atoms with E-state index in [1.165, 1.54) is 12.1 Å². The molecule has 0 saturated carbocycles. The van der Waals surface area contributed by atoms with E-state index >= 15 is 0 Å². The Morgan fingerprint density at radius 2 is 2.06 bits per heavy atom. The number of rotatable bonds is 3. The van der Waals surface area contributed by atoms with Gasteiger partial charge in [0.15, 0.2) is 14.4 Å².